The lowest BCUT2D eigenvalue weighted by Gasteiger charge is -2.12. The molecule has 9 heteroatoms. The zero-order valence-corrected chi connectivity index (χ0v) is 21.3. The summed E-state index contributed by atoms with van der Waals surface area (Å²) in [7, 11) is 3.34. The van der Waals surface area contributed by atoms with Gasteiger partial charge in [0.2, 0.25) is 5.88 Å². The van der Waals surface area contributed by atoms with E-state index in [4.69, 9.17) is 9.47 Å². The molecule has 0 saturated heterocycles. The van der Waals surface area contributed by atoms with E-state index >= 15 is 0 Å². The molecule has 7 nitrogen and oxygen atoms in total. The van der Waals surface area contributed by atoms with E-state index in [0.717, 1.165) is 34.2 Å². The molecule has 2 aromatic heterocycles. The molecule has 0 saturated carbocycles. The molecule has 178 valence electrons. The minimum Gasteiger partial charge on any atom is -0.497 e. The number of hydrogen-bond acceptors (Lipinski definition) is 4. The van der Waals surface area contributed by atoms with Crippen molar-refractivity contribution in [1.82, 2.24) is 20.6 Å². The van der Waals surface area contributed by atoms with Gasteiger partial charge in [-0.1, -0.05) is 12.1 Å². The van der Waals surface area contributed by atoms with Crippen molar-refractivity contribution in [3.63, 3.8) is 0 Å². The van der Waals surface area contributed by atoms with Crippen molar-refractivity contribution in [1.29, 1.82) is 0 Å². The molecule has 0 radical (unpaired) electrons. The normalized spacial score (nSPS) is 11.1. The van der Waals surface area contributed by atoms with Gasteiger partial charge < -0.3 is 25.1 Å². The molecule has 3 N–H and O–H groups in total. The molecule has 0 fully saturated rings. The highest BCUT2D eigenvalue weighted by Gasteiger charge is 2.06. The predicted molar refractivity (Wildman–Crippen MR) is 143 cm³/mol. The molecule has 0 aliphatic rings. The summed E-state index contributed by atoms with van der Waals surface area (Å²) >= 11 is 0. The highest BCUT2D eigenvalue weighted by Crippen LogP contribution is 2.24. The second-order valence-corrected chi connectivity index (χ2v) is 7.39. The number of rotatable bonds is 8. The first-order valence-corrected chi connectivity index (χ1v) is 10.6. The van der Waals surface area contributed by atoms with Crippen LogP contribution in [0.4, 0.5) is 4.39 Å². The molecule has 0 aliphatic heterocycles. The number of nitrogens with one attached hydrogen (secondary N) is 3. The number of hydrogen-bond donors (Lipinski definition) is 3. The molecule has 0 bridgehead atoms. The van der Waals surface area contributed by atoms with Crippen LogP contribution in [-0.4, -0.2) is 36.6 Å². The fourth-order valence-corrected chi connectivity index (χ4v) is 3.44. The lowest BCUT2D eigenvalue weighted by Crippen LogP contribution is -2.37. The number of benzene rings is 2. The Hall–Kier alpha value is -3.34. The summed E-state index contributed by atoms with van der Waals surface area (Å²) in [5, 5.41) is 7.46. The van der Waals surface area contributed by atoms with Crippen LogP contribution in [0.25, 0.3) is 10.9 Å². The Morgan fingerprint density at radius 3 is 2.71 bits per heavy atom. The van der Waals surface area contributed by atoms with Crippen LogP contribution in [0, 0.1) is 5.82 Å². The van der Waals surface area contributed by atoms with Crippen LogP contribution in [-0.2, 0) is 13.0 Å². The van der Waals surface area contributed by atoms with Crippen LogP contribution in [0.15, 0.2) is 72.0 Å². The third-order valence-corrected chi connectivity index (χ3v) is 5.16. The fourth-order valence-electron chi connectivity index (χ4n) is 3.44. The van der Waals surface area contributed by atoms with Crippen LogP contribution in [0.5, 0.6) is 17.4 Å². The average molecular weight is 575 g/mol. The number of aromatic amines is 1. The first kappa shape index (κ1) is 25.3. The topological polar surface area (TPSA) is 83.6 Å². The molecule has 4 aromatic rings. The number of nitrogens with zero attached hydrogens (tertiary/aromatic N) is 2. The van der Waals surface area contributed by atoms with Crippen LogP contribution in [0.1, 0.15) is 11.1 Å². The highest BCUT2D eigenvalue weighted by atomic mass is 127. The maximum Gasteiger partial charge on any atom is 0.219 e. The summed E-state index contributed by atoms with van der Waals surface area (Å²) in [4.78, 5) is 11.8. The lowest BCUT2D eigenvalue weighted by molar-refractivity contribution is 0.407. The third kappa shape index (κ3) is 6.60. The number of H-pyrrole nitrogens is 1. The summed E-state index contributed by atoms with van der Waals surface area (Å²) in [5.74, 6) is 2.34. The second-order valence-electron chi connectivity index (χ2n) is 7.39. The van der Waals surface area contributed by atoms with E-state index in [0.29, 0.717) is 30.7 Å². The average Bonchev–Trinajstić information content (AvgIpc) is 3.24. The monoisotopic (exact) mass is 575 g/mol. The molecule has 0 unspecified atom stereocenters. The van der Waals surface area contributed by atoms with Gasteiger partial charge >= 0.3 is 0 Å². The number of halogens is 2. The largest absolute Gasteiger partial charge is 0.497 e. The van der Waals surface area contributed by atoms with Gasteiger partial charge in [-0.2, -0.15) is 0 Å². The molecular formula is C25H27FIN5O2. The van der Waals surface area contributed by atoms with E-state index in [-0.39, 0.29) is 29.8 Å². The number of fused-ring (bicyclic) bond motifs is 1. The summed E-state index contributed by atoms with van der Waals surface area (Å²) < 4.78 is 24.5. The minimum atomic E-state index is -0.234. The van der Waals surface area contributed by atoms with Crippen molar-refractivity contribution in [2.24, 2.45) is 4.99 Å². The molecule has 2 aromatic carbocycles. The van der Waals surface area contributed by atoms with Crippen LogP contribution < -0.4 is 20.1 Å². The maximum atomic E-state index is 13.5. The molecule has 0 atom stereocenters. The number of ether oxygens (including phenoxy) is 2. The van der Waals surface area contributed by atoms with E-state index in [1.165, 1.54) is 6.07 Å². The minimum absolute atomic E-state index is 0. The predicted octanol–water partition coefficient (Wildman–Crippen LogP) is 5.03. The quantitative estimate of drug-likeness (QED) is 0.156. The molecule has 0 aliphatic carbocycles. The number of guanidine groups is 1. The number of aromatic nitrogens is 2. The van der Waals surface area contributed by atoms with Gasteiger partial charge in [-0.05, 0) is 47.9 Å². The van der Waals surface area contributed by atoms with Gasteiger partial charge in [0, 0.05) is 55.6 Å². The SMILES string of the molecule is CN=C(NCCc1c[nH]c2ccc(F)cc12)NCc1ccc(Oc2cccc(OC)c2)nc1.I. The fraction of sp³-hybridized carbons (Fsp3) is 0.200. The van der Waals surface area contributed by atoms with E-state index < -0.39 is 0 Å². The van der Waals surface area contributed by atoms with E-state index in [9.17, 15) is 4.39 Å². The van der Waals surface area contributed by atoms with Crippen molar-refractivity contribution in [2.75, 3.05) is 20.7 Å². The highest BCUT2D eigenvalue weighted by molar-refractivity contribution is 14.0. The van der Waals surface area contributed by atoms with Crippen molar-refractivity contribution in [3.8, 4) is 17.4 Å². The van der Waals surface area contributed by atoms with Crippen LogP contribution in [0.2, 0.25) is 0 Å². The smallest absolute Gasteiger partial charge is 0.219 e. The van der Waals surface area contributed by atoms with Crippen molar-refractivity contribution in [3.05, 3.63) is 83.9 Å². The zero-order chi connectivity index (χ0) is 23.0. The van der Waals surface area contributed by atoms with Gasteiger partial charge in [0.25, 0.3) is 0 Å². The van der Waals surface area contributed by atoms with Crippen molar-refractivity contribution >= 4 is 40.8 Å². The molecule has 34 heavy (non-hydrogen) atoms. The zero-order valence-electron chi connectivity index (χ0n) is 19.0. The number of aliphatic imine (C=N–C) groups is 1. The van der Waals surface area contributed by atoms with Crippen LogP contribution in [0.3, 0.4) is 0 Å². The molecule has 0 spiro atoms. The Balaban J connectivity index is 0.00000324. The van der Waals surface area contributed by atoms with Crippen LogP contribution >= 0.6 is 24.0 Å². The van der Waals surface area contributed by atoms with E-state index in [1.54, 1.807) is 38.6 Å². The Morgan fingerprint density at radius 2 is 1.94 bits per heavy atom. The third-order valence-electron chi connectivity index (χ3n) is 5.16. The lowest BCUT2D eigenvalue weighted by atomic mass is 10.1. The summed E-state index contributed by atoms with van der Waals surface area (Å²) in [6.45, 7) is 1.22. The second kappa shape index (κ2) is 12.2. The first-order chi connectivity index (χ1) is 16.1. The van der Waals surface area contributed by atoms with Gasteiger partial charge in [-0.3, -0.25) is 4.99 Å². The Bertz CT molecular complexity index is 1240. The molecule has 4 rings (SSSR count). The van der Waals surface area contributed by atoms with Gasteiger partial charge in [0.05, 0.1) is 7.11 Å². The molecular weight excluding hydrogens is 548 g/mol. The van der Waals surface area contributed by atoms with E-state index in [2.05, 4.69) is 25.6 Å². The Morgan fingerprint density at radius 1 is 1.09 bits per heavy atom. The number of pyridine rings is 1. The van der Waals surface area contributed by atoms with Gasteiger partial charge in [0.15, 0.2) is 5.96 Å². The standard InChI is InChI=1S/C25H26FN5O2.HI/c1-27-25(28-11-10-18-16-29-23-8-7-19(26)12-22(18)23)31-15-17-6-9-24(30-14-17)33-21-5-3-4-20(13-21)32-2;/h3-9,12-14,16,29H,10-11,15H2,1-2H3,(H2,27,28,31);1H. The van der Waals surface area contributed by atoms with Crippen molar-refractivity contribution < 1.29 is 13.9 Å². The molecule has 2 heterocycles. The maximum absolute atomic E-state index is 13.5. The van der Waals surface area contributed by atoms with Gasteiger partial charge in [-0.15, -0.1) is 24.0 Å². The Kier molecular flexibility index (Phi) is 9.08. The summed E-state index contributed by atoms with van der Waals surface area (Å²) in [6.07, 6.45) is 4.42. The Labute approximate surface area is 214 Å². The van der Waals surface area contributed by atoms with Gasteiger partial charge in [-0.25, -0.2) is 9.37 Å². The van der Waals surface area contributed by atoms with Gasteiger partial charge in [0.1, 0.15) is 17.3 Å². The molecule has 0 amide bonds. The summed E-state index contributed by atoms with van der Waals surface area (Å²) in [6, 6.07) is 15.9. The first-order valence-electron chi connectivity index (χ1n) is 10.6. The summed E-state index contributed by atoms with van der Waals surface area (Å²) in [5.41, 5.74) is 2.98. The van der Waals surface area contributed by atoms with E-state index in [1.807, 2.05) is 36.5 Å². The number of methoxy groups -OCH3 is 1. The van der Waals surface area contributed by atoms with Crippen molar-refractivity contribution in [2.45, 2.75) is 13.0 Å².